The molecule has 0 bridgehead atoms. The van der Waals surface area contributed by atoms with E-state index in [0.717, 1.165) is 36.0 Å². The van der Waals surface area contributed by atoms with Crippen molar-refractivity contribution < 1.29 is 8.42 Å². The maximum absolute atomic E-state index is 11.9. The highest BCUT2D eigenvalue weighted by atomic mass is 32.2. The molecule has 2 rings (SSSR count). The Balaban J connectivity index is 0.00000139. The third-order valence-electron chi connectivity index (χ3n) is 3.89. The number of nitrogens with zero attached hydrogens (tertiary/aromatic N) is 1. The van der Waals surface area contributed by atoms with Gasteiger partial charge in [-0.05, 0) is 50.3 Å². The Labute approximate surface area is 146 Å². The van der Waals surface area contributed by atoms with Crippen LogP contribution in [0.5, 0.6) is 0 Å². The minimum Gasteiger partial charge on any atom is -0.361 e. The number of aromatic amines is 1. The van der Waals surface area contributed by atoms with E-state index in [-0.39, 0.29) is 11.6 Å². The zero-order chi connectivity index (χ0) is 18.2. The van der Waals surface area contributed by atoms with Crippen molar-refractivity contribution in [3.63, 3.8) is 0 Å². The number of nitrogens with one attached hydrogen (secondary N) is 2. The van der Waals surface area contributed by atoms with Crippen LogP contribution in [-0.4, -0.2) is 51.4 Å². The van der Waals surface area contributed by atoms with E-state index >= 15 is 0 Å². The summed E-state index contributed by atoms with van der Waals surface area (Å²) in [6, 6.07) is 5.85. The van der Waals surface area contributed by atoms with E-state index in [4.69, 9.17) is 0 Å². The van der Waals surface area contributed by atoms with Gasteiger partial charge in [-0.1, -0.05) is 26.8 Å². The number of fused-ring (bicyclic) bond motifs is 1. The smallest absolute Gasteiger partial charge is 0.167 e. The Morgan fingerprint density at radius 3 is 2.58 bits per heavy atom. The Hall–Kier alpha value is -1.37. The third kappa shape index (κ3) is 5.92. The van der Waals surface area contributed by atoms with Crippen molar-refractivity contribution in [1.29, 1.82) is 0 Å². The largest absolute Gasteiger partial charge is 0.361 e. The van der Waals surface area contributed by atoms with Crippen molar-refractivity contribution in [3.8, 4) is 0 Å². The van der Waals surface area contributed by atoms with Gasteiger partial charge in [0.15, 0.2) is 9.84 Å². The van der Waals surface area contributed by atoms with Crippen molar-refractivity contribution >= 4 is 20.7 Å². The van der Waals surface area contributed by atoms with Gasteiger partial charge in [0, 0.05) is 23.6 Å². The summed E-state index contributed by atoms with van der Waals surface area (Å²) in [5.41, 5.74) is 3.14. The van der Waals surface area contributed by atoms with Crippen LogP contribution in [0.25, 0.3) is 10.9 Å². The average molecular weight is 354 g/mol. The summed E-state index contributed by atoms with van der Waals surface area (Å²) in [4.78, 5) is 5.53. The lowest BCUT2D eigenvalue weighted by Gasteiger charge is -2.12. The molecule has 6 heteroatoms. The first kappa shape index (κ1) is 20.7. The Morgan fingerprint density at radius 2 is 1.96 bits per heavy atom. The van der Waals surface area contributed by atoms with E-state index < -0.39 is 9.84 Å². The molecule has 2 N–H and O–H groups in total. The molecule has 0 fully saturated rings. The molecular weight excluding hydrogens is 322 g/mol. The predicted octanol–water partition coefficient (Wildman–Crippen LogP) is 2.78. The van der Waals surface area contributed by atoms with Gasteiger partial charge < -0.3 is 15.2 Å². The van der Waals surface area contributed by atoms with E-state index in [1.807, 2.05) is 38.2 Å². The monoisotopic (exact) mass is 353 g/mol. The van der Waals surface area contributed by atoms with E-state index in [1.54, 1.807) is 7.05 Å². The van der Waals surface area contributed by atoms with Crippen LogP contribution in [0.4, 0.5) is 0 Å². The lowest BCUT2D eigenvalue weighted by atomic mass is 10.1. The van der Waals surface area contributed by atoms with E-state index in [2.05, 4.69) is 29.2 Å². The quantitative estimate of drug-likeness (QED) is 0.766. The molecule has 0 saturated carbocycles. The van der Waals surface area contributed by atoms with Gasteiger partial charge in [0.05, 0.1) is 11.6 Å². The second-order valence-corrected chi connectivity index (χ2v) is 7.79. The number of likely N-dealkylation sites (N-methyl/N-ethyl adjacent to an activating group) is 1. The minimum atomic E-state index is -3.11. The van der Waals surface area contributed by atoms with Crippen LogP contribution in [0.15, 0.2) is 24.4 Å². The van der Waals surface area contributed by atoms with Crippen LogP contribution in [0.3, 0.4) is 0 Å². The Morgan fingerprint density at radius 1 is 1.25 bits per heavy atom. The highest BCUT2D eigenvalue weighted by Gasteiger charge is 2.12. The molecule has 0 aliphatic carbocycles. The third-order valence-corrected chi connectivity index (χ3v) is 5.39. The summed E-state index contributed by atoms with van der Waals surface area (Å²) < 4.78 is 23.9. The molecule has 0 unspecified atom stereocenters. The fourth-order valence-electron chi connectivity index (χ4n) is 2.52. The van der Waals surface area contributed by atoms with E-state index in [1.165, 1.54) is 5.56 Å². The molecule has 0 saturated heterocycles. The molecule has 2 aromatic rings. The fourth-order valence-corrected chi connectivity index (χ4v) is 3.75. The molecule has 0 radical (unpaired) electrons. The number of benzene rings is 1. The van der Waals surface area contributed by atoms with Gasteiger partial charge in [0.25, 0.3) is 0 Å². The number of hydrogen-bond donors (Lipinski definition) is 2. The first-order chi connectivity index (χ1) is 11.4. The molecular formula is C18H31N3O2S. The number of aromatic nitrogens is 1. The molecule has 1 heterocycles. The topological polar surface area (TPSA) is 65.2 Å². The van der Waals surface area contributed by atoms with Crippen LogP contribution >= 0.6 is 0 Å². The second-order valence-electron chi connectivity index (χ2n) is 5.73. The van der Waals surface area contributed by atoms with Crippen LogP contribution in [0.2, 0.25) is 0 Å². The zero-order valence-corrected chi connectivity index (χ0v) is 16.3. The normalized spacial score (nSPS) is 11.6. The van der Waals surface area contributed by atoms with Crippen molar-refractivity contribution in [2.75, 3.05) is 33.1 Å². The van der Waals surface area contributed by atoms with Gasteiger partial charge in [-0.25, -0.2) is 8.42 Å². The summed E-state index contributed by atoms with van der Waals surface area (Å²) in [5.74, 6) is 0.0790. The number of sulfone groups is 1. The van der Waals surface area contributed by atoms with Crippen molar-refractivity contribution in [3.05, 3.63) is 35.5 Å². The molecule has 0 amide bonds. The first-order valence-corrected chi connectivity index (χ1v) is 10.4. The minimum absolute atomic E-state index is 0.00628. The lowest BCUT2D eigenvalue weighted by Crippen LogP contribution is -2.20. The van der Waals surface area contributed by atoms with Gasteiger partial charge in [-0.2, -0.15) is 0 Å². The summed E-state index contributed by atoms with van der Waals surface area (Å²) in [7, 11) is 0.641. The molecule has 136 valence electrons. The van der Waals surface area contributed by atoms with Crippen LogP contribution in [0.1, 0.15) is 31.9 Å². The summed E-state index contributed by atoms with van der Waals surface area (Å²) in [6.07, 6.45) is 2.98. The molecule has 0 spiro atoms. The number of rotatable bonds is 8. The number of H-pyrrole nitrogens is 1. The lowest BCUT2D eigenvalue weighted by molar-refractivity contribution is 0.358. The summed E-state index contributed by atoms with van der Waals surface area (Å²) in [6.45, 7) is 8.15. The molecule has 1 aromatic heterocycles. The van der Waals surface area contributed by atoms with Crippen molar-refractivity contribution in [2.24, 2.45) is 0 Å². The molecule has 24 heavy (non-hydrogen) atoms. The second kappa shape index (κ2) is 9.81. The van der Waals surface area contributed by atoms with Gasteiger partial charge in [-0.3, -0.25) is 0 Å². The molecule has 1 aromatic carbocycles. The molecule has 0 aliphatic rings. The van der Waals surface area contributed by atoms with Gasteiger partial charge in [0.2, 0.25) is 0 Å². The molecule has 0 atom stereocenters. The van der Waals surface area contributed by atoms with Gasteiger partial charge in [0.1, 0.15) is 0 Å². The van der Waals surface area contributed by atoms with Crippen molar-refractivity contribution in [2.45, 2.75) is 32.9 Å². The van der Waals surface area contributed by atoms with Crippen LogP contribution in [0, 0.1) is 0 Å². The predicted molar refractivity (Wildman–Crippen MR) is 103 cm³/mol. The standard InChI is InChI=1S/C16H25N3O2S.C2H6/c1-4-19(3)8-7-14-10-18-16-6-5-13(9-15(14)16)11-22(20,21)12-17-2;1-2/h5-6,9-10,17-18H,4,7-8,11-12H2,1-3H3;1-2H3. The van der Waals surface area contributed by atoms with E-state index in [0.29, 0.717) is 0 Å². The number of hydrogen-bond acceptors (Lipinski definition) is 4. The van der Waals surface area contributed by atoms with Gasteiger partial charge >= 0.3 is 0 Å². The highest BCUT2D eigenvalue weighted by molar-refractivity contribution is 7.90. The van der Waals surface area contributed by atoms with Crippen LogP contribution < -0.4 is 5.32 Å². The summed E-state index contributed by atoms with van der Waals surface area (Å²) in [5, 5.41) is 3.84. The summed E-state index contributed by atoms with van der Waals surface area (Å²) >= 11 is 0. The fraction of sp³-hybridized carbons (Fsp3) is 0.556. The van der Waals surface area contributed by atoms with Crippen LogP contribution in [-0.2, 0) is 22.0 Å². The SMILES string of the molecule is CC.CCN(C)CCc1c[nH]c2ccc(CS(=O)(=O)CNC)cc12. The zero-order valence-electron chi connectivity index (χ0n) is 15.5. The Bertz CT molecular complexity index is 723. The average Bonchev–Trinajstić information content (AvgIpc) is 2.96. The van der Waals surface area contributed by atoms with E-state index in [9.17, 15) is 8.42 Å². The first-order valence-electron chi connectivity index (χ1n) is 8.57. The maximum atomic E-state index is 11.9. The maximum Gasteiger partial charge on any atom is 0.167 e. The highest BCUT2D eigenvalue weighted by Crippen LogP contribution is 2.21. The molecule has 0 aliphatic heterocycles. The Kier molecular flexibility index (Phi) is 8.45. The molecule has 5 nitrogen and oxygen atoms in total. The van der Waals surface area contributed by atoms with Gasteiger partial charge in [-0.15, -0.1) is 0 Å². The van der Waals surface area contributed by atoms with Crippen molar-refractivity contribution in [1.82, 2.24) is 15.2 Å².